The SMILES string of the molecule is CCN(C(=O)c1nn(-c2ccccc2)c(=O)c2c1c1ccccc1n2C)c1ccnc(Cn2c3ccccc3c3c(C(=O)N(c4ccccc4)C(C)C)nn(-c4ccc(C)cc4)c(=O)c32)n1. The van der Waals surface area contributed by atoms with Crippen LogP contribution in [0.2, 0.25) is 0 Å². The fourth-order valence-corrected chi connectivity index (χ4v) is 8.96. The molecule has 0 N–H and O–H groups in total. The zero-order valence-corrected chi connectivity index (χ0v) is 37.0. The summed E-state index contributed by atoms with van der Waals surface area (Å²) in [6.07, 6.45) is 1.58. The Morgan fingerprint density at radius 3 is 1.83 bits per heavy atom. The molecule has 0 aliphatic heterocycles. The standard InChI is InChI=1S/C52H44N10O4/c1-6-58(49(63)45-43-37-21-13-15-23-39(37)57(5)47(43)51(65)61(55-45)35-19-11-8-12-20-35)42-29-30-53-41(54-42)31-59-40-24-16-14-22-38(40)44-46(50(64)60(32(2)3)34-17-9-7-10-18-34)56-62(52(66)48(44)59)36-27-25-33(4)26-28-36/h7-30,32H,6,31H2,1-5H3. The van der Waals surface area contributed by atoms with Gasteiger partial charge in [-0.3, -0.25) is 24.1 Å². The van der Waals surface area contributed by atoms with Crippen LogP contribution in [0.1, 0.15) is 53.1 Å². The van der Waals surface area contributed by atoms with Gasteiger partial charge in [-0.25, -0.2) is 9.97 Å². The van der Waals surface area contributed by atoms with Crippen molar-refractivity contribution in [3.05, 3.63) is 189 Å². The first-order chi connectivity index (χ1) is 32.0. The summed E-state index contributed by atoms with van der Waals surface area (Å²) in [6.45, 7) is 7.89. The number of para-hydroxylation sites is 4. The monoisotopic (exact) mass is 872 g/mol. The van der Waals surface area contributed by atoms with Gasteiger partial charge in [0.15, 0.2) is 11.4 Å². The number of hydrogen-bond donors (Lipinski definition) is 0. The second-order valence-electron chi connectivity index (χ2n) is 16.4. The van der Waals surface area contributed by atoms with Gasteiger partial charge in [0.05, 0.1) is 17.9 Å². The van der Waals surface area contributed by atoms with Gasteiger partial charge < -0.3 is 14.0 Å². The van der Waals surface area contributed by atoms with Gasteiger partial charge in [-0.15, -0.1) is 0 Å². The third-order valence-electron chi connectivity index (χ3n) is 12.0. The molecule has 0 fully saturated rings. The molecule has 0 bridgehead atoms. The number of rotatable bonds is 10. The van der Waals surface area contributed by atoms with Crippen LogP contribution in [-0.2, 0) is 13.6 Å². The molecule has 5 aromatic carbocycles. The number of nitrogens with zero attached hydrogens (tertiary/aromatic N) is 10. The van der Waals surface area contributed by atoms with Gasteiger partial charge in [0.2, 0.25) is 0 Å². The van der Waals surface area contributed by atoms with E-state index in [1.54, 1.807) is 33.9 Å². The summed E-state index contributed by atoms with van der Waals surface area (Å²) >= 11 is 0. The van der Waals surface area contributed by atoms with Crippen molar-refractivity contribution in [3.63, 3.8) is 0 Å². The molecule has 0 atom stereocenters. The third-order valence-corrected chi connectivity index (χ3v) is 12.0. The Labute approximate surface area is 378 Å². The Kier molecular flexibility index (Phi) is 10.4. The van der Waals surface area contributed by atoms with Crippen LogP contribution >= 0.6 is 0 Å². The number of fused-ring (bicyclic) bond motifs is 6. The molecule has 0 aliphatic carbocycles. The lowest BCUT2D eigenvalue weighted by Gasteiger charge is -2.27. The topological polar surface area (TPSA) is 146 Å². The smallest absolute Gasteiger partial charge is 0.296 e. The maximum absolute atomic E-state index is 15.0. The van der Waals surface area contributed by atoms with E-state index in [1.165, 1.54) is 14.3 Å². The molecule has 0 saturated carbocycles. The highest BCUT2D eigenvalue weighted by molar-refractivity contribution is 6.21. The van der Waals surface area contributed by atoms with Crippen LogP contribution in [0, 0.1) is 6.92 Å². The lowest BCUT2D eigenvalue weighted by atomic mass is 10.1. The average Bonchev–Trinajstić information content (AvgIpc) is 3.82. The minimum Gasteiger partial charge on any atom is -0.339 e. The molecule has 5 heterocycles. The Hall–Kier alpha value is -8.52. The Balaban J connectivity index is 1.13. The summed E-state index contributed by atoms with van der Waals surface area (Å²) in [5, 5.41) is 11.9. The lowest BCUT2D eigenvalue weighted by molar-refractivity contribution is 0.0970. The van der Waals surface area contributed by atoms with Crippen LogP contribution in [0.3, 0.4) is 0 Å². The summed E-state index contributed by atoms with van der Waals surface area (Å²) in [7, 11) is 1.81. The highest BCUT2D eigenvalue weighted by atomic mass is 16.2. The van der Waals surface area contributed by atoms with Gasteiger partial charge in [0, 0.05) is 64.1 Å². The number of benzene rings is 5. The van der Waals surface area contributed by atoms with E-state index < -0.39 is 11.5 Å². The number of aryl methyl sites for hydroxylation is 2. The van der Waals surface area contributed by atoms with Crippen molar-refractivity contribution in [2.75, 3.05) is 16.3 Å². The van der Waals surface area contributed by atoms with Crippen molar-refractivity contribution in [1.82, 2.24) is 38.7 Å². The third kappa shape index (κ3) is 6.81. The highest BCUT2D eigenvalue weighted by Crippen LogP contribution is 2.33. The molecule has 5 aromatic heterocycles. The van der Waals surface area contributed by atoms with Crippen LogP contribution in [0.5, 0.6) is 0 Å². The van der Waals surface area contributed by atoms with Crippen LogP contribution in [0.4, 0.5) is 11.5 Å². The quantitative estimate of drug-likeness (QED) is 0.133. The van der Waals surface area contributed by atoms with Crippen molar-refractivity contribution >= 4 is 66.9 Å². The number of hydrogen-bond acceptors (Lipinski definition) is 8. The zero-order valence-electron chi connectivity index (χ0n) is 37.0. The van der Waals surface area contributed by atoms with E-state index in [4.69, 9.17) is 15.2 Å². The Bertz CT molecular complexity index is 3650. The molecule has 0 radical (unpaired) electrons. The number of aromatic nitrogens is 8. The molecule has 14 heteroatoms. The first-order valence-corrected chi connectivity index (χ1v) is 21.7. The molecular formula is C52H44N10O4. The van der Waals surface area contributed by atoms with Gasteiger partial charge in [-0.1, -0.05) is 90.5 Å². The maximum atomic E-state index is 15.0. The van der Waals surface area contributed by atoms with E-state index in [9.17, 15) is 9.59 Å². The van der Waals surface area contributed by atoms with Crippen molar-refractivity contribution in [1.29, 1.82) is 0 Å². The summed E-state index contributed by atoms with van der Waals surface area (Å²) in [5.41, 5.74) is 4.15. The minimum atomic E-state index is -0.464. The van der Waals surface area contributed by atoms with Crippen molar-refractivity contribution in [2.24, 2.45) is 7.05 Å². The summed E-state index contributed by atoms with van der Waals surface area (Å²) in [4.78, 5) is 72.1. The molecule has 0 spiro atoms. The summed E-state index contributed by atoms with van der Waals surface area (Å²) in [6, 6.07) is 42.3. The van der Waals surface area contributed by atoms with E-state index in [0.717, 1.165) is 16.5 Å². The van der Waals surface area contributed by atoms with E-state index in [1.807, 2.05) is 161 Å². The van der Waals surface area contributed by atoms with Crippen LogP contribution in [0.15, 0.2) is 155 Å². The van der Waals surface area contributed by atoms with Gasteiger partial charge in [-0.2, -0.15) is 19.6 Å². The van der Waals surface area contributed by atoms with E-state index >= 15 is 9.59 Å². The van der Waals surface area contributed by atoms with Crippen LogP contribution < -0.4 is 20.9 Å². The Morgan fingerprint density at radius 2 is 1.18 bits per heavy atom. The fraction of sp³-hybridized carbons (Fsp3) is 0.154. The summed E-state index contributed by atoms with van der Waals surface area (Å²) < 4.78 is 6.19. The first kappa shape index (κ1) is 41.5. The number of anilines is 2. The largest absolute Gasteiger partial charge is 0.339 e. The summed E-state index contributed by atoms with van der Waals surface area (Å²) in [5.74, 6) is -0.231. The molecule has 10 aromatic rings. The highest BCUT2D eigenvalue weighted by Gasteiger charge is 2.31. The average molecular weight is 873 g/mol. The van der Waals surface area contributed by atoms with Crippen molar-refractivity contribution < 1.29 is 9.59 Å². The van der Waals surface area contributed by atoms with E-state index in [2.05, 4.69) is 4.98 Å². The van der Waals surface area contributed by atoms with Gasteiger partial charge in [0.1, 0.15) is 22.7 Å². The second kappa shape index (κ2) is 16.6. The van der Waals surface area contributed by atoms with Crippen LogP contribution in [0.25, 0.3) is 55.0 Å². The second-order valence-corrected chi connectivity index (χ2v) is 16.4. The zero-order chi connectivity index (χ0) is 45.8. The molecule has 2 amide bonds. The van der Waals surface area contributed by atoms with Crippen molar-refractivity contribution in [3.8, 4) is 11.4 Å². The van der Waals surface area contributed by atoms with Crippen molar-refractivity contribution in [2.45, 2.75) is 40.3 Å². The lowest BCUT2D eigenvalue weighted by Crippen LogP contribution is -2.39. The molecule has 0 saturated heterocycles. The molecule has 326 valence electrons. The number of carbonyl (C=O) groups excluding carboxylic acids is 2. The molecule has 10 rings (SSSR count). The predicted octanol–water partition coefficient (Wildman–Crippen LogP) is 8.40. The maximum Gasteiger partial charge on any atom is 0.296 e. The van der Waals surface area contributed by atoms with Gasteiger partial charge >= 0.3 is 0 Å². The Morgan fingerprint density at radius 1 is 0.636 bits per heavy atom. The van der Waals surface area contributed by atoms with Gasteiger partial charge in [-0.05, 0) is 82.3 Å². The number of carbonyl (C=O) groups is 2. The molecule has 66 heavy (non-hydrogen) atoms. The first-order valence-electron chi connectivity index (χ1n) is 21.7. The molecule has 0 unspecified atom stereocenters. The van der Waals surface area contributed by atoms with E-state index in [-0.39, 0.29) is 47.5 Å². The molecule has 14 nitrogen and oxygen atoms in total. The van der Waals surface area contributed by atoms with Crippen LogP contribution in [-0.4, -0.2) is 63.1 Å². The molecule has 0 aliphatic rings. The molecular weight excluding hydrogens is 829 g/mol. The van der Waals surface area contributed by atoms with E-state index in [0.29, 0.717) is 55.9 Å². The van der Waals surface area contributed by atoms with Gasteiger partial charge in [0.25, 0.3) is 22.9 Å². The normalized spacial score (nSPS) is 11.6. The minimum absolute atomic E-state index is 0.00165. The fourth-order valence-electron chi connectivity index (χ4n) is 8.96. The number of amides is 2. The predicted molar refractivity (Wildman–Crippen MR) is 258 cm³/mol.